The van der Waals surface area contributed by atoms with Gasteiger partial charge in [-0.3, -0.25) is 4.98 Å². The first kappa shape index (κ1) is 17.6. The van der Waals surface area contributed by atoms with Crippen molar-refractivity contribution in [3.05, 3.63) is 71.1 Å². The molecule has 1 N–H and O–H groups in total. The lowest BCUT2D eigenvalue weighted by molar-refractivity contribution is 0.943. The number of halogens is 1. The minimum Gasteiger partial charge on any atom is -0.340 e. The van der Waals surface area contributed by atoms with Crippen LogP contribution in [0.4, 0.5) is 11.5 Å². The average Bonchev–Trinajstić information content (AvgIpc) is 3.19. The van der Waals surface area contributed by atoms with Crippen LogP contribution in [0.15, 0.2) is 60.1 Å². The predicted molar refractivity (Wildman–Crippen MR) is 110 cm³/mol. The standard InChI is InChI=1S/C20H16ClN5S/c1-2-18-25-17(21)11-19(26-18)23-14-7-5-6-13(10-14)16-12-27-20(24-16)15-8-3-4-9-22-15/h3-12H,2H2,1H3,(H,23,25,26). The number of nitrogens with one attached hydrogen (secondary N) is 1. The second-order valence-corrected chi connectivity index (χ2v) is 7.05. The Bertz CT molecular complexity index is 1060. The Morgan fingerprint density at radius 3 is 2.74 bits per heavy atom. The molecule has 5 nitrogen and oxygen atoms in total. The normalized spacial score (nSPS) is 10.7. The second kappa shape index (κ2) is 7.82. The molecule has 7 heteroatoms. The molecule has 0 radical (unpaired) electrons. The van der Waals surface area contributed by atoms with Gasteiger partial charge in [-0.1, -0.05) is 36.7 Å². The zero-order valence-corrected chi connectivity index (χ0v) is 16.1. The Labute approximate surface area is 166 Å². The van der Waals surface area contributed by atoms with Gasteiger partial charge in [0.1, 0.15) is 21.8 Å². The summed E-state index contributed by atoms with van der Waals surface area (Å²) < 4.78 is 0. The van der Waals surface area contributed by atoms with Gasteiger partial charge >= 0.3 is 0 Å². The van der Waals surface area contributed by atoms with Crippen molar-refractivity contribution in [2.45, 2.75) is 13.3 Å². The molecular weight excluding hydrogens is 378 g/mol. The molecule has 0 aliphatic heterocycles. The van der Waals surface area contributed by atoms with E-state index in [1.165, 1.54) is 0 Å². The van der Waals surface area contributed by atoms with E-state index in [-0.39, 0.29) is 0 Å². The maximum absolute atomic E-state index is 6.08. The van der Waals surface area contributed by atoms with E-state index in [9.17, 15) is 0 Å². The Balaban J connectivity index is 1.60. The highest BCUT2D eigenvalue weighted by Crippen LogP contribution is 2.29. The van der Waals surface area contributed by atoms with Gasteiger partial charge in [0.15, 0.2) is 0 Å². The van der Waals surface area contributed by atoms with Crippen molar-refractivity contribution in [3.8, 4) is 22.0 Å². The molecule has 4 rings (SSSR count). The average molecular weight is 394 g/mol. The van der Waals surface area contributed by atoms with Crippen LogP contribution in [-0.2, 0) is 6.42 Å². The van der Waals surface area contributed by atoms with Crippen molar-refractivity contribution in [1.29, 1.82) is 0 Å². The number of nitrogens with zero attached hydrogens (tertiary/aromatic N) is 4. The molecule has 4 aromatic rings. The lowest BCUT2D eigenvalue weighted by Gasteiger charge is -2.08. The summed E-state index contributed by atoms with van der Waals surface area (Å²) in [5, 5.41) is 6.67. The van der Waals surface area contributed by atoms with Gasteiger partial charge in [-0.05, 0) is 24.3 Å². The Kier molecular flexibility index (Phi) is 5.09. The molecule has 0 aliphatic carbocycles. The van der Waals surface area contributed by atoms with Crippen LogP contribution >= 0.6 is 22.9 Å². The molecule has 0 aliphatic rings. The maximum Gasteiger partial charge on any atom is 0.142 e. The van der Waals surface area contributed by atoms with Gasteiger partial charge in [-0.15, -0.1) is 11.3 Å². The van der Waals surface area contributed by atoms with Crippen LogP contribution in [0, 0.1) is 0 Å². The maximum atomic E-state index is 6.08. The van der Waals surface area contributed by atoms with E-state index >= 15 is 0 Å². The monoisotopic (exact) mass is 393 g/mol. The van der Waals surface area contributed by atoms with Crippen molar-refractivity contribution < 1.29 is 0 Å². The summed E-state index contributed by atoms with van der Waals surface area (Å²) in [6.45, 7) is 2.00. The SMILES string of the molecule is CCc1nc(Cl)cc(Nc2cccc(-c3csc(-c4ccccn4)n3)c2)n1. The topological polar surface area (TPSA) is 63.6 Å². The first-order valence-electron chi connectivity index (χ1n) is 8.49. The summed E-state index contributed by atoms with van der Waals surface area (Å²) in [6, 6.07) is 15.6. The summed E-state index contributed by atoms with van der Waals surface area (Å²) in [6.07, 6.45) is 2.50. The second-order valence-electron chi connectivity index (χ2n) is 5.80. The number of hydrogen-bond acceptors (Lipinski definition) is 6. The van der Waals surface area contributed by atoms with E-state index in [1.807, 2.05) is 54.8 Å². The van der Waals surface area contributed by atoms with Gasteiger partial charge < -0.3 is 5.32 Å². The van der Waals surface area contributed by atoms with Crippen molar-refractivity contribution in [3.63, 3.8) is 0 Å². The quantitative estimate of drug-likeness (QED) is 0.446. The predicted octanol–water partition coefficient (Wildman–Crippen LogP) is 5.62. The van der Waals surface area contributed by atoms with Gasteiger partial charge in [0.2, 0.25) is 0 Å². The van der Waals surface area contributed by atoms with E-state index in [1.54, 1.807) is 23.6 Å². The lowest BCUT2D eigenvalue weighted by atomic mass is 10.1. The molecule has 1 aromatic carbocycles. The van der Waals surface area contributed by atoms with E-state index < -0.39 is 0 Å². The van der Waals surface area contributed by atoms with Gasteiger partial charge in [0.05, 0.1) is 11.4 Å². The minimum atomic E-state index is 0.431. The first-order chi connectivity index (χ1) is 13.2. The number of aryl methyl sites for hydroxylation is 1. The largest absolute Gasteiger partial charge is 0.340 e. The molecule has 0 bridgehead atoms. The summed E-state index contributed by atoms with van der Waals surface area (Å²) in [7, 11) is 0. The van der Waals surface area contributed by atoms with Gasteiger partial charge in [0, 0.05) is 35.3 Å². The summed E-state index contributed by atoms with van der Waals surface area (Å²) >= 11 is 7.66. The van der Waals surface area contributed by atoms with E-state index in [0.29, 0.717) is 16.8 Å². The Hall–Kier alpha value is -2.83. The minimum absolute atomic E-state index is 0.431. The van der Waals surface area contributed by atoms with E-state index in [0.717, 1.165) is 34.1 Å². The molecule has 3 aromatic heterocycles. The zero-order chi connectivity index (χ0) is 18.6. The van der Waals surface area contributed by atoms with Crippen LogP contribution in [-0.4, -0.2) is 19.9 Å². The molecule has 0 fully saturated rings. The molecule has 0 saturated heterocycles. The molecule has 27 heavy (non-hydrogen) atoms. The van der Waals surface area contributed by atoms with Gasteiger partial charge in [-0.2, -0.15) is 0 Å². The Morgan fingerprint density at radius 2 is 1.93 bits per heavy atom. The van der Waals surface area contributed by atoms with E-state index in [2.05, 4.69) is 20.3 Å². The van der Waals surface area contributed by atoms with Crippen molar-refractivity contribution in [1.82, 2.24) is 19.9 Å². The first-order valence-corrected chi connectivity index (χ1v) is 9.75. The molecule has 134 valence electrons. The molecule has 0 saturated carbocycles. The highest BCUT2D eigenvalue weighted by Gasteiger charge is 2.09. The highest BCUT2D eigenvalue weighted by atomic mass is 35.5. The highest BCUT2D eigenvalue weighted by molar-refractivity contribution is 7.13. The third kappa shape index (κ3) is 4.13. The van der Waals surface area contributed by atoms with Crippen molar-refractivity contribution >= 4 is 34.4 Å². The lowest BCUT2D eigenvalue weighted by Crippen LogP contribution is -1.99. The summed E-state index contributed by atoms with van der Waals surface area (Å²) in [5.74, 6) is 1.39. The molecule has 0 unspecified atom stereocenters. The molecule has 0 atom stereocenters. The van der Waals surface area contributed by atoms with Crippen LogP contribution in [0.25, 0.3) is 22.0 Å². The fraction of sp³-hybridized carbons (Fsp3) is 0.100. The summed E-state index contributed by atoms with van der Waals surface area (Å²) in [5.41, 5.74) is 3.73. The fourth-order valence-electron chi connectivity index (χ4n) is 2.60. The molecule has 3 heterocycles. The van der Waals surface area contributed by atoms with Crippen LogP contribution < -0.4 is 5.32 Å². The zero-order valence-electron chi connectivity index (χ0n) is 14.6. The van der Waals surface area contributed by atoms with Crippen molar-refractivity contribution in [2.24, 2.45) is 0 Å². The van der Waals surface area contributed by atoms with Gasteiger partial charge in [-0.25, -0.2) is 15.0 Å². The smallest absolute Gasteiger partial charge is 0.142 e. The molecule has 0 amide bonds. The van der Waals surface area contributed by atoms with Crippen LogP contribution in [0.3, 0.4) is 0 Å². The number of benzene rings is 1. The number of aromatic nitrogens is 4. The van der Waals surface area contributed by atoms with Crippen molar-refractivity contribution in [2.75, 3.05) is 5.32 Å². The number of pyridine rings is 1. The Morgan fingerprint density at radius 1 is 1.00 bits per heavy atom. The fourth-order valence-corrected chi connectivity index (χ4v) is 3.61. The number of anilines is 2. The number of thiazole rings is 1. The summed E-state index contributed by atoms with van der Waals surface area (Å²) in [4.78, 5) is 17.7. The van der Waals surface area contributed by atoms with E-state index in [4.69, 9.17) is 16.6 Å². The number of hydrogen-bond donors (Lipinski definition) is 1. The molecule has 0 spiro atoms. The molecular formula is C20H16ClN5S. The van der Waals surface area contributed by atoms with Crippen LogP contribution in [0.5, 0.6) is 0 Å². The van der Waals surface area contributed by atoms with Crippen LogP contribution in [0.2, 0.25) is 5.15 Å². The third-order valence-electron chi connectivity index (χ3n) is 3.88. The number of rotatable bonds is 5. The third-order valence-corrected chi connectivity index (χ3v) is 4.93. The van der Waals surface area contributed by atoms with Gasteiger partial charge in [0.25, 0.3) is 0 Å². The van der Waals surface area contributed by atoms with Crippen LogP contribution in [0.1, 0.15) is 12.7 Å².